The van der Waals surface area contributed by atoms with Crippen LogP contribution in [-0.4, -0.2) is 13.3 Å². The predicted octanol–water partition coefficient (Wildman–Crippen LogP) is 1.81. The Balaban J connectivity index is 1.99. The minimum absolute atomic E-state index is 0.328. The fraction of sp³-hybridized carbons (Fsp3) is 0.833. The summed E-state index contributed by atoms with van der Waals surface area (Å²) < 4.78 is 2.57. The van der Waals surface area contributed by atoms with Gasteiger partial charge < -0.3 is 0 Å². The molecule has 0 N–H and O–H groups in total. The van der Waals surface area contributed by atoms with Crippen LogP contribution in [0.1, 0.15) is 12.8 Å². The number of rotatable bonds is 2. The zero-order valence-electron chi connectivity index (χ0n) is 5.02. The molecule has 1 fully saturated rings. The van der Waals surface area contributed by atoms with Crippen LogP contribution >= 0.6 is 19.8 Å². The first-order chi connectivity index (χ1) is 3.84. The summed E-state index contributed by atoms with van der Waals surface area (Å²) in [4.78, 5) is 2.41. The first-order valence-electron chi connectivity index (χ1n) is 2.76. The molecule has 1 atom stereocenters. The molecule has 1 nitrogen and oxygen atoms in total. The Kier molecular flexibility index (Phi) is 2.12. The number of alkyl halides is 3. The normalized spacial score (nSPS) is 29.5. The summed E-state index contributed by atoms with van der Waals surface area (Å²) in [6, 6.07) is 2.18. The zero-order chi connectivity index (χ0) is 5.98. The van der Waals surface area contributed by atoms with Gasteiger partial charge in [0, 0.05) is 0 Å². The van der Waals surface area contributed by atoms with Gasteiger partial charge in [0.2, 0.25) is 0 Å². The van der Waals surface area contributed by atoms with Crippen molar-refractivity contribution in [1.29, 1.82) is 5.26 Å². The Morgan fingerprint density at radius 2 is 2.50 bits per heavy atom. The van der Waals surface area contributed by atoms with Gasteiger partial charge in [0.25, 0.3) is 0 Å². The van der Waals surface area contributed by atoms with Gasteiger partial charge in [-0.3, -0.25) is 0 Å². The molecule has 1 aliphatic rings. The van der Waals surface area contributed by atoms with Gasteiger partial charge in [0.15, 0.2) is 0 Å². The van der Waals surface area contributed by atoms with E-state index in [0.29, 0.717) is 0 Å². The molecule has 1 rings (SSSR count). The summed E-state index contributed by atoms with van der Waals surface area (Å²) in [6.45, 7) is 0. The predicted molar refractivity (Wildman–Crippen MR) is 43.4 cm³/mol. The summed E-state index contributed by atoms with van der Waals surface area (Å²) in [5, 5.41) is 8.20. The van der Waals surface area contributed by atoms with Crippen LogP contribution in [0.4, 0.5) is 0 Å². The van der Waals surface area contributed by atoms with Gasteiger partial charge >= 0.3 is 57.3 Å². The fourth-order valence-electron chi connectivity index (χ4n) is 0.715. The molecule has 2 heteroatoms. The fourth-order valence-corrected chi connectivity index (χ4v) is 6.08. The van der Waals surface area contributed by atoms with Crippen molar-refractivity contribution in [3.05, 3.63) is 0 Å². The third-order valence-electron chi connectivity index (χ3n) is 1.40. The van der Waals surface area contributed by atoms with Crippen LogP contribution in [0.25, 0.3) is 0 Å². The molecule has 1 unspecified atom stereocenters. The Hall–Kier alpha value is 0.220. The molecule has 0 saturated carbocycles. The molecule has 0 spiro atoms. The standard InChI is InChI=1S/C6H10IN/c1-7-5-6(7)3-2-4-8/h6H,2-3,5H2,1H3. The van der Waals surface area contributed by atoms with E-state index in [1.54, 1.807) is 0 Å². The van der Waals surface area contributed by atoms with E-state index in [2.05, 4.69) is 11.0 Å². The van der Waals surface area contributed by atoms with E-state index in [-0.39, 0.29) is 19.8 Å². The van der Waals surface area contributed by atoms with Crippen molar-refractivity contribution < 1.29 is 0 Å². The molecule has 1 saturated heterocycles. The van der Waals surface area contributed by atoms with Crippen molar-refractivity contribution in [2.45, 2.75) is 16.8 Å². The summed E-state index contributed by atoms with van der Waals surface area (Å²) in [7, 11) is 0. The van der Waals surface area contributed by atoms with Gasteiger partial charge in [-0.25, -0.2) is 0 Å². The average molecular weight is 223 g/mol. The Bertz CT molecular complexity index is 116. The van der Waals surface area contributed by atoms with Crippen molar-refractivity contribution >= 4 is 19.8 Å². The number of hydrogen-bond donors (Lipinski definition) is 0. The van der Waals surface area contributed by atoms with E-state index in [4.69, 9.17) is 5.26 Å². The first-order valence-corrected chi connectivity index (χ1v) is 7.69. The van der Waals surface area contributed by atoms with Gasteiger partial charge in [-0.2, -0.15) is 0 Å². The van der Waals surface area contributed by atoms with Gasteiger partial charge in [0.1, 0.15) is 0 Å². The molecule has 0 amide bonds. The first kappa shape index (κ1) is 6.34. The second-order valence-corrected chi connectivity index (χ2v) is 8.38. The maximum atomic E-state index is 8.20. The Morgan fingerprint density at radius 3 is 2.88 bits per heavy atom. The van der Waals surface area contributed by atoms with Crippen molar-refractivity contribution in [1.82, 2.24) is 0 Å². The molecule has 0 aromatic heterocycles. The minimum atomic E-state index is -0.328. The van der Waals surface area contributed by atoms with Crippen LogP contribution in [0.2, 0.25) is 0 Å². The van der Waals surface area contributed by atoms with Crippen LogP contribution < -0.4 is 0 Å². The van der Waals surface area contributed by atoms with Crippen LogP contribution in [0.15, 0.2) is 0 Å². The molecule has 1 aliphatic heterocycles. The van der Waals surface area contributed by atoms with Crippen LogP contribution in [0, 0.1) is 11.3 Å². The topological polar surface area (TPSA) is 23.8 Å². The number of nitrogens with zero attached hydrogens (tertiary/aromatic N) is 1. The molecule has 0 radical (unpaired) electrons. The van der Waals surface area contributed by atoms with Crippen LogP contribution in [0.3, 0.4) is 0 Å². The maximum absolute atomic E-state index is 8.20. The van der Waals surface area contributed by atoms with E-state index >= 15 is 0 Å². The van der Waals surface area contributed by atoms with Gasteiger partial charge in [-0.05, 0) is 0 Å². The molecular formula is C6H10IN. The van der Waals surface area contributed by atoms with Crippen molar-refractivity contribution in [2.75, 3.05) is 9.36 Å². The van der Waals surface area contributed by atoms with E-state index < -0.39 is 0 Å². The zero-order valence-corrected chi connectivity index (χ0v) is 7.18. The van der Waals surface area contributed by atoms with Crippen molar-refractivity contribution in [2.24, 2.45) is 0 Å². The second kappa shape index (κ2) is 2.67. The number of nitriles is 1. The van der Waals surface area contributed by atoms with E-state index in [1.165, 1.54) is 10.8 Å². The SMILES string of the molecule is CI1CC1CCC#N. The molecule has 0 bridgehead atoms. The molecule has 46 valence electrons. The second-order valence-electron chi connectivity index (χ2n) is 2.09. The third-order valence-corrected chi connectivity index (χ3v) is 6.80. The quantitative estimate of drug-likeness (QED) is 0.517. The summed E-state index contributed by atoms with van der Waals surface area (Å²) in [6.07, 6.45) is 2.00. The van der Waals surface area contributed by atoms with Gasteiger partial charge in [0.05, 0.1) is 0 Å². The molecule has 8 heavy (non-hydrogen) atoms. The Morgan fingerprint density at radius 1 is 1.88 bits per heavy atom. The third kappa shape index (κ3) is 1.62. The molecule has 0 aromatic rings. The molecular weight excluding hydrogens is 213 g/mol. The molecule has 0 aliphatic carbocycles. The Labute approximate surface area is 57.5 Å². The van der Waals surface area contributed by atoms with Crippen LogP contribution in [0.5, 0.6) is 0 Å². The van der Waals surface area contributed by atoms with Gasteiger partial charge in [-0.15, -0.1) is 0 Å². The van der Waals surface area contributed by atoms with Gasteiger partial charge in [-0.1, -0.05) is 0 Å². The monoisotopic (exact) mass is 223 g/mol. The van der Waals surface area contributed by atoms with Crippen molar-refractivity contribution in [3.8, 4) is 6.07 Å². The molecule has 0 aromatic carbocycles. The van der Waals surface area contributed by atoms with Crippen LogP contribution in [-0.2, 0) is 0 Å². The van der Waals surface area contributed by atoms with E-state index in [0.717, 1.165) is 10.3 Å². The summed E-state index contributed by atoms with van der Waals surface area (Å²) in [5.41, 5.74) is 0. The van der Waals surface area contributed by atoms with E-state index in [9.17, 15) is 0 Å². The number of halogens is 1. The van der Waals surface area contributed by atoms with Crippen molar-refractivity contribution in [3.63, 3.8) is 0 Å². The number of hydrogen-bond acceptors (Lipinski definition) is 1. The molecule has 1 heterocycles. The summed E-state index contributed by atoms with van der Waals surface area (Å²) >= 11 is -0.328. The summed E-state index contributed by atoms with van der Waals surface area (Å²) in [5.74, 6) is 0. The van der Waals surface area contributed by atoms with E-state index in [1.807, 2.05) is 0 Å². The average Bonchev–Trinajstić information content (AvgIpc) is 2.42.